The minimum Gasteiger partial charge on any atom is -0.375 e. The van der Waals surface area contributed by atoms with Crippen molar-refractivity contribution in [1.29, 1.82) is 0 Å². The standard InChI is InChI=1S/C11H11F2N3S/c1-16(2)10-7(12)3-6(4-8(10)13)9-5-17-11(14)15-9/h3-5H,1-2H3,(H2,14,15). The summed E-state index contributed by atoms with van der Waals surface area (Å²) in [7, 11) is 3.17. The molecule has 0 aliphatic heterocycles. The summed E-state index contributed by atoms with van der Waals surface area (Å²) in [6.07, 6.45) is 0. The molecule has 3 nitrogen and oxygen atoms in total. The Morgan fingerprint density at radius 3 is 2.24 bits per heavy atom. The second kappa shape index (κ2) is 4.29. The maximum Gasteiger partial charge on any atom is 0.180 e. The van der Waals surface area contributed by atoms with Crippen LogP contribution in [-0.4, -0.2) is 19.1 Å². The molecule has 0 unspecified atom stereocenters. The van der Waals surface area contributed by atoms with Gasteiger partial charge < -0.3 is 10.6 Å². The van der Waals surface area contributed by atoms with Gasteiger partial charge in [0, 0.05) is 25.0 Å². The third kappa shape index (κ3) is 2.21. The average molecular weight is 255 g/mol. The molecular weight excluding hydrogens is 244 g/mol. The van der Waals surface area contributed by atoms with Crippen molar-refractivity contribution in [2.45, 2.75) is 0 Å². The minimum absolute atomic E-state index is 0.0584. The summed E-state index contributed by atoms with van der Waals surface area (Å²) in [5.74, 6) is -1.23. The Morgan fingerprint density at radius 2 is 1.82 bits per heavy atom. The molecule has 2 N–H and O–H groups in total. The molecule has 17 heavy (non-hydrogen) atoms. The Labute approximate surface area is 102 Å². The van der Waals surface area contributed by atoms with Gasteiger partial charge in [0.15, 0.2) is 5.13 Å². The van der Waals surface area contributed by atoms with E-state index in [9.17, 15) is 8.78 Å². The van der Waals surface area contributed by atoms with Crippen molar-refractivity contribution in [2.24, 2.45) is 0 Å². The van der Waals surface area contributed by atoms with Gasteiger partial charge in [-0.25, -0.2) is 13.8 Å². The van der Waals surface area contributed by atoms with Crippen LogP contribution >= 0.6 is 11.3 Å². The van der Waals surface area contributed by atoms with E-state index in [1.54, 1.807) is 19.5 Å². The summed E-state index contributed by atoms with van der Waals surface area (Å²) >= 11 is 1.23. The summed E-state index contributed by atoms with van der Waals surface area (Å²) in [6, 6.07) is 2.51. The van der Waals surface area contributed by atoms with Crippen LogP contribution in [0.25, 0.3) is 11.3 Å². The molecule has 1 heterocycles. The normalized spacial score (nSPS) is 10.6. The monoisotopic (exact) mass is 255 g/mol. The highest BCUT2D eigenvalue weighted by atomic mass is 32.1. The summed E-state index contributed by atoms with van der Waals surface area (Å²) in [4.78, 5) is 5.38. The molecule has 0 aliphatic rings. The number of hydrogen-bond donors (Lipinski definition) is 1. The van der Waals surface area contributed by atoms with E-state index in [0.717, 1.165) is 0 Å². The lowest BCUT2D eigenvalue weighted by molar-refractivity contribution is 0.582. The van der Waals surface area contributed by atoms with Crippen molar-refractivity contribution < 1.29 is 8.78 Å². The summed E-state index contributed by atoms with van der Waals surface area (Å²) in [5, 5.41) is 2.04. The highest BCUT2D eigenvalue weighted by molar-refractivity contribution is 7.13. The number of benzene rings is 1. The lowest BCUT2D eigenvalue weighted by atomic mass is 10.1. The van der Waals surface area contributed by atoms with Crippen LogP contribution in [-0.2, 0) is 0 Å². The smallest absolute Gasteiger partial charge is 0.180 e. The van der Waals surface area contributed by atoms with Crippen LogP contribution in [0.4, 0.5) is 19.6 Å². The van der Waals surface area contributed by atoms with Crippen molar-refractivity contribution in [3.05, 3.63) is 29.1 Å². The molecule has 0 radical (unpaired) electrons. The molecule has 90 valence electrons. The number of hydrogen-bond acceptors (Lipinski definition) is 4. The maximum absolute atomic E-state index is 13.7. The number of halogens is 2. The zero-order valence-corrected chi connectivity index (χ0v) is 10.2. The Hall–Kier alpha value is -1.69. The van der Waals surface area contributed by atoms with E-state index in [1.165, 1.54) is 28.4 Å². The van der Waals surface area contributed by atoms with Crippen molar-refractivity contribution in [3.8, 4) is 11.3 Å². The summed E-state index contributed by atoms with van der Waals surface area (Å²) in [6.45, 7) is 0. The summed E-state index contributed by atoms with van der Waals surface area (Å²) in [5.41, 5.74) is 6.29. The van der Waals surface area contributed by atoms with E-state index in [2.05, 4.69) is 4.98 Å². The highest BCUT2D eigenvalue weighted by Gasteiger charge is 2.14. The minimum atomic E-state index is -0.614. The molecule has 0 atom stereocenters. The van der Waals surface area contributed by atoms with Gasteiger partial charge in [0.25, 0.3) is 0 Å². The first-order valence-electron chi connectivity index (χ1n) is 4.87. The fourth-order valence-electron chi connectivity index (χ4n) is 1.56. The van der Waals surface area contributed by atoms with Crippen LogP contribution in [0.5, 0.6) is 0 Å². The van der Waals surface area contributed by atoms with Gasteiger partial charge in [-0.05, 0) is 12.1 Å². The fourth-order valence-corrected chi connectivity index (χ4v) is 2.13. The molecule has 0 saturated heterocycles. The van der Waals surface area contributed by atoms with Crippen LogP contribution < -0.4 is 10.6 Å². The first-order valence-corrected chi connectivity index (χ1v) is 5.74. The Kier molecular flexibility index (Phi) is 2.97. The Balaban J connectivity index is 2.52. The number of thiazole rings is 1. The van der Waals surface area contributed by atoms with Crippen LogP contribution in [0.2, 0.25) is 0 Å². The van der Waals surface area contributed by atoms with E-state index in [-0.39, 0.29) is 5.69 Å². The van der Waals surface area contributed by atoms with E-state index >= 15 is 0 Å². The van der Waals surface area contributed by atoms with E-state index in [1.807, 2.05) is 0 Å². The maximum atomic E-state index is 13.7. The first-order chi connectivity index (χ1) is 7.99. The predicted molar refractivity (Wildman–Crippen MR) is 66.2 cm³/mol. The van der Waals surface area contributed by atoms with Gasteiger partial charge >= 0.3 is 0 Å². The zero-order chi connectivity index (χ0) is 12.6. The summed E-state index contributed by atoms with van der Waals surface area (Å²) < 4.78 is 27.4. The molecule has 0 fully saturated rings. The van der Waals surface area contributed by atoms with Crippen LogP contribution in [0.1, 0.15) is 0 Å². The van der Waals surface area contributed by atoms with Crippen molar-refractivity contribution >= 4 is 22.2 Å². The molecule has 0 bridgehead atoms. The largest absolute Gasteiger partial charge is 0.375 e. The number of aromatic nitrogens is 1. The van der Waals surface area contributed by atoms with Crippen LogP contribution in [0.3, 0.4) is 0 Å². The average Bonchev–Trinajstić information content (AvgIpc) is 2.63. The van der Waals surface area contributed by atoms with Crippen LogP contribution in [0, 0.1) is 11.6 Å². The van der Waals surface area contributed by atoms with Gasteiger partial charge in [-0.1, -0.05) is 0 Å². The molecule has 0 saturated carbocycles. The fraction of sp³-hybridized carbons (Fsp3) is 0.182. The second-order valence-electron chi connectivity index (χ2n) is 3.75. The molecule has 6 heteroatoms. The van der Waals surface area contributed by atoms with E-state index in [4.69, 9.17) is 5.73 Å². The number of anilines is 2. The topological polar surface area (TPSA) is 42.1 Å². The molecule has 1 aromatic carbocycles. The van der Waals surface area contributed by atoms with Gasteiger partial charge in [0.05, 0.1) is 5.69 Å². The zero-order valence-electron chi connectivity index (χ0n) is 9.37. The Bertz CT molecular complexity index is 528. The van der Waals surface area contributed by atoms with Gasteiger partial charge in [-0.15, -0.1) is 11.3 Å². The van der Waals surface area contributed by atoms with E-state index < -0.39 is 11.6 Å². The van der Waals surface area contributed by atoms with Crippen molar-refractivity contribution in [1.82, 2.24) is 4.98 Å². The third-order valence-corrected chi connectivity index (χ3v) is 2.96. The van der Waals surface area contributed by atoms with Gasteiger partial charge in [0.1, 0.15) is 17.3 Å². The third-order valence-electron chi connectivity index (χ3n) is 2.28. The predicted octanol–water partition coefficient (Wildman–Crippen LogP) is 2.74. The lowest BCUT2D eigenvalue weighted by Crippen LogP contribution is -2.12. The first kappa shape index (κ1) is 11.8. The molecule has 0 aliphatic carbocycles. The molecule has 0 amide bonds. The highest BCUT2D eigenvalue weighted by Crippen LogP contribution is 2.29. The number of rotatable bonds is 2. The van der Waals surface area contributed by atoms with Gasteiger partial charge in [0.2, 0.25) is 0 Å². The molecule has 2 rings (SSSR count). The van der Waals surface area contributed by atoms with Gasteiger partial charge in [-0.2, -0.15) is 0 Å². The Morgan fingerprint density at radius 1 is 1.24 bits per heavy atom. The molecule has 1 aromatic heterocycles. The molecule has 0 spiro atoms. The molecular formula is C11H11F2N3S. The SMILES string of the molecule is CN(C)c1c(F)cc(-c2csc(N)n2)cc1F. The number of nitrogens with two attached hydrogens (primary N) is 1. The van der Waals surface area contributed by atoms with Crippen molar-refractivity contribution in [2.75, 3.05) is 24.7 Å². The van der Waals surface area contributed by atoms with Crippen molar-refractivity contribution in [3.63, 3.8) is 0 Å². The van der Waals surface area contributed by atoms with Crippen LogP contribution in [0.15, 0.2) is 17.5 Å². The number of nitrogen functional groups attached to an aromatic ring is 1. The lowest BCUT2D eigenvalue weighted by Gasteiger charge is -2.15. The second-order valence-corrected chi connectivity index (χ2v) is 4.64. The number of nitrogens with zero attached hydrogens (tertiary/aromatic N) is 2. The van der Waals surface area contributed by atoms with Gasteiger partial charge in [-0.3, -0.25) is 0 Å². The molecule has 2 aromatic rings. The quantitative estimate of drug-likeness (QED) is 0.897. The van der Waals surface area contributed by atoms with E-state index in [0.29, 0.717) is 16.4 Å².